The minimum absolute atomic E-state index is 0.0369. The van der Waals surface area contributed by atoms with E-state index in [4.69, 9.17) is 4.84 Å². The molecule has 0 radical (unpaired) electrons. The highest BCUT2D eigenvalue weighted by Crippen LogP contribution is 2.50. The highest BCUT2D eigenvalue weighted by molar-refractivity contribution is 9.11. The van der Waals surface area contributed by atoms with Crippen LogP contribution in [-0.4, -0.2) is 31.2 Å². The second-order valence-electron chi connectivity index (χ2n) is 6.80. The van der Waals surface area contributed by atoms with Gasteiger partial charge < -0.3 is 15.0 Å². The molecule has 0 fully saturated rings. The normalized spacial score (nSPS) is 18.4. The molecule has 170 valence electrons. The molecular formula is C20H15Br2F4N3O3. The van der Waals surface area contributed by atoms with Gasteiger partial charge in [0.2, 0.25) is 0 Å². The third-order valence-corrected chi connectivity index (χ3v) is 5.95. The molecule has 3 rings (SSSR count). The molecule has 0 saturated heterocycles. The first kappa shape index (κ1) is 24.2. The third-order valence-electron chi connectivity index (χ3n) is 4.79. The zero-order chi connectivity index (χ0) is 23.7. The van der Waals surface area contributed by atoms with Crippen LogP contribution in [0.2, 0.25) is 0 Å². The fraction of sp³-hybridized carbons (Fsp3) is 0.250. The number of carbonyl (C=O) groups is 1. The predicted molar refractivity (Wildman–Crippen MR) is 116 cm³/mol. The monoisotopic (exact) mass is 579 g/mol. The molecule has 12 heteroatoms. The first-order valence-electron chi connectivity index (χ1n) is 8.94. The second kappa shape index (κ2) is 9.18. The number of hydrogen-bond donors (Lipinski definition) is 1. The zero-order valence-corrected chi connectivity index (χ0v) is 19.7. The Kier molecular flexibility index (Phi) is 6.94. The van der Waals surface area contributed by atoms with E-state index in [1.807, 2.05) is 0 Å². The summed E-state index contributed by atoms with van der Waals surface area (Å²) in [5.74, 6) is -1.20. The molecule has 32 heavy (non-hydrogen) atoms. The predicted octanol–water partition coefficient (Wildman–Crippen LogP) is 5.56. The number of halogens is 6. The van der Waals surface area contributed by atoms with Gasteiger partial charge in [0.25, 0.3) is 11.5 Å². The summed E-state index contributed by atoms with van der Waals surface area (Å²) in [5.41, 5.74) is -1.91. The Labute approximate surface area is 196 Å². The summed E-state index contributed by atoms with van der Waals surface area (Å²) >= 11 is 5.86. The van der Waals surface area contributed by atoms with E-state index in [1.54, 1.807) is 6.92 Å². The smallest absolute Gasteiger partial charge is 0.398 e. The highest BCUT2D eigenvalue weighted by Gasteiger charge is 2.62. The molecule has 0 aromatic heterocycles. The van der Waals surface area contributed by atoms with Crippen LogP contribution >= 0.6 is 31.9 Å². The van der Waals surface area contributed by atoms with Gasteiger partial charge in [0.15, 0.2) is 5.82 Å². The van der Waals surface area contributed by atoms with E-state index in [9.17, 15) is 22.4 Å². The number of benzene rings is 2. The van der Waals surface area contributed by atoms with Gasteiger partial charge in [-0.1, -0.05) is 16.4 Å². The lowest BCUT2D eigenvalue weighted by Gasteiger charge is -2.30. The molecule has 1 aliphatic rings. The lowest BCUT2D eigenvalue weighted by atomic mass is 9.86. The van der Waals surface area contributed by atoms with Crippen molar-refractivity contribution in [2.45, 2.75) is 25.1 Å². The summed E-state index contributed by atoms with van der Waals surface area (Å²) in [7, 11) is 1.32. The van der Waals surface area contributed by atoms with Crippen molar-refractivity contribution >= 4 is 49.8 Å². The standard InChI is InChI=1S/C20H15Br2F4N3O3/c1-10-5-11(3-4-13(10)18(30)27-9-28-31-2)16-8-19(32-29-16,20(24,25)26)12-6-14(21)17(23)15(22)7-12/h3-7,9H,8H2,1-2H3,(H,27,28,30). The number of rotatable bonds is 5. The van der Waals surface area contributed by atoms with Gasteiger partial charge in [-0.05, 0) is 74.2 Å². The van der Waals surface area contributed by atoms with E-state index in [1.165, 1.54) is 25.3 Å². The van der Waals surface area contributed by atoms with Crippen LogP contribution in [0.25, 0.3) is 0 Å². The molecule has 1 aliphatic heterocycles. The molecule has 0 saturated carbocycles. The summed E-state index contributed by atoms with van der Waals surface area (Å²) in [6, 6.07) is 6.51. The van der Waals surface area contributed by atoms with E-state index in [-0.39, 0.29) is 20.2 Å². The van der Waals surface area contributed by atoms with Gasteiger partial charge in [0.1, 0.15) is 13.4 Å². The van der Waals surface area contributed by atoms with E-state index in [0.29, 0.717) is 16.7 Å². The van der Waals surface area contributed by atoms with Gasteiger partial charge in [-0.15, -0.1) is 0 Å². The molecule has 2 aromatic rings. The van der Waals surface area contributed by atoms with E-state index < -0.39 is 29.9 Å². The van der Waals surface area contributed by atoms with Gasteiger partial charge in [-0.2, -0.15) is 13.2 Å². The summed E-state index contributed by atoms with van der Waals surface area (Å²) in [5, 5.41) is 9.50. The summed E-state index contributed by atoms with van der Waals surface area (Å²) < 4.78 is 56.1. The number of nitrogens with zero attached hydrogens (tertiary/aromatic N) is 2. The zero-order valence-electron chi connectivity index (χ0n) is 16.6. The summed E-state index contributed by atoms with van der Waals surface area (Å²) in [6.45, 7) is 1.63. The Morgan fingerprint density at radius 3 is 2.50 bits per heavy atom. The van der Waals surface area contributed by atoms with Crippen LogP contribution in [-0.2, 0) is 15.3 Å². The molecule has 2 aromatic carbocycles. The quantitative estimate of drug-likeness (QED) is 0.165. The largest absolute Gasteiger partial charge is 0.435 e. The minimum atomic E-state index is -4.84. The summed E-state index contributed by atoms with van der Waals surface area (Å²) in [6.07, 6.45) is -4.40. The van der Waals surface area contributed by atoms with Crippen molar-refractivity contribution < 1.29 is 32.0 Å². The maximum Gasteiger partial charge on any atom is 0.435 e. The Balaban J connectivity index is 1.93. The van der Waals surface area contributed by atoms with Crippen molar-refractivity contribution in [1.82, 2.24) is 5.32 Å². The Morgan fingerprint density at radius 2 is 1.94 bits per heavy atom. The lowest BCUT2D eigenvalue weighted by Crippen LogP contribution is -2.42. The molecule has 1 N–H and O–H groups in total. The van der Waals surface area contributed by atoms with Crippen LogP contribution in [0.5, 0.6) is 0 Å². The van der Waals surface area contributed by atoms with Crippen LogP contribution in [0, 0.1) is 12.7 Å². The van der Waals surface area contributed by atoms with E-state index >= 15 is 0 Å². The molecule has 1 amide bonds. The van der Waals surface area contributed by atoms with Gasteiger partial charge >= 0.3 is 6.18 Å². The van der Waals surface area contributed by atoms with Crippen molar-refractivity contribution in [1.29, 1.82) is 0 Å². The van der Waals surface area contributed by atoms with Crippen LogP contribution in [0.1, 0.15) is 33.5 Å². The molecule has 1 atom stereocenters. The third kappa shape index (κ3) is 4.51. The molecule has 0 aliphatic carbocycles. The number of oxime groups is 2. The molecular weight excluding hydrogens is 566 g/mol. The van der Waals surface area contributed by atoms with Gasteiger partial charge in [0.05, 0.1) is 14.7 Å². The number of amides is 1. The molecule has 1 unspecified atom stereocenters. The average Bonchev–Trinajstić information content (AvgIpc) is 3.18. The van der Waals surface area contributed by atoms with Crippen molar-refractivity contribution in [3.8, 4) is 0 Å². The van der Waals surface area contributed by atoms with Crippen LogP contribution in [0.15, 0.2) is 49.6 Å². The van der Waals surface area contributed by atoms with Gasteiger partial charge in [0, 0.05) is 17.5 Å². The first-order valence-corrected chi connectivity index (χ1v) is 10.5. The number of aryl methyl sites for hydroxylation is 1. The summed E-state index contributed by atoms with van der Waals surface area (Å²) in [4.78, 5) is 21.6. The van der Waals surface area contributed by atoms with Crippen molar-refractivity contribution in [3.05, 3.63) is 67.3 Å². The lowest BCUT2D eigenvalue weighted by molar-refractivity contribution is -0.275. The van der Waals surface area contributed by atoms with E-state index in [0.717, 1.165) is 18.5 Å². The SMILES string of the molecule is CON=CNC(=O)c1ccc(C2=NOC(c3cc(Br)c(F)c(Br)c3)(C(F)(F)F)C2)cc1C. The number of hydrogen-bond acceptors (Lipinski definition) is 5. The highest BCUT2D eigenvalue weighted by atomic mass is 79.9. The van der Waals surface area contributed by atoms with Crippen LogP contribution in [0.3, 0.4) is 0 Å². The van der Waals surface area contributed by atoms with Crippen molar-refractivity contribution in [2.75, 3.05) is 7.11 Å². The van der Waals surface area contributed by atoms with Gasteiger partial charge in [-0.3, -0.25) is 4.79 Å². The number of carbonyl (C=O) groups excluding carboxylic acids is 1. The minimum Gasteiger partial charge on any atom is -0.398 e. The Bertz CT molecular complexity index is 1100. The molecule has 0 spiro atoms. The molecule has 1 heterocycles. The van der Waals surface area contributed by atoms with Crippen molar-refractivity contribution in [2.24, 2.45) is 10.3 Å². The average molecular weight is 581 g/mol. The number of alkyl halides is 3. The van der Waals surface area contributed by atoms with Gasteiger partial charge in [-0.25, -0.2) is 4.39 Å². The maximum atomic E-state index is 14.2. The first-order chi connectivity index (χ1) is 15.0. The maximum absolute atomic E-state index is 14.2. The molecule has 0 bridgehead atoms. The second-order valence-corrected chi connectivity index (χ2v) is 8.51. The topological polar surface area (TPSA) is 72.3 Å². The number of nitrogens with one attached hydrogen (secondary N) is 1. The molecule has 6 nitrogen and oxygen atoms in total. The van der Waals surface area contributed by atoms with Crippen LogP contribution in [0.4, 0.5) is 17.6 Å². The van der Waals surface area contributed by atoms with Crippen molar-refractivity contribution in [3.63, 3.8) is 0 Å². The fourth-order valence-corrected chi connectivity index (χ4v) is 4.35. The van der Waals surface area contributed by atoms with E-state index in [2.05, 4.69) is 52.3 Å². The Morgan fingerprint density at radius 1 is 1.28 bits per heavy atom. The van der Waals surface area contributed by atoms with Crippen LogP contribution < -0.4 is 5.32 Å². The Hall–Kier alpha value is -2.47. The fourth-order valence-electron chi connectivity index (χ4n) is 3.16.